The minimum Gasteiger partial charge on any atom is -0.382 e. The van der Waals surface area contributed by atoms with Gasteiger partial charge >= 0.3 is 0 Å². The molecule has 0 bridgehead atoms. The number of nitrogens with zero attached hydrogens (tertiary/aromatic N) is 5. The Morgan fingerprint density at radius 3 is 2.67 bits per heavy atom. The number of nitrogens with two attached hydrogens (primary N) is 1. The number of pyridine rings is 1. The number of sulfone groups is 1. The highest BCUT2D eigenvalue weighted by atomic mass is 32.2. The second-order valence-corrected chi connectivity index (χ2v) is 8.05. The van der Waals surface area contributed by atoms with Gasteiger partial charge in [-0.1, -0.05) is 0 Å². The number of aromatic nitrogens is 5. The van der Waals surface area contributed by atoms with Crippen LogP contribution in [0.3, 0.4) is 0 Å². The van der Waals surface area contributed by atoms with E-state index in [9.17, 15) is 8.42 Å². The lowest BCUT2D eigenvalue weighted by atomic mass is 10.2. The molecular weight excluding hydrogens is 368 g/mol. The molecule has 0 aromatic carbocycles. The molecule has 0 atom stereocenters. The highest BCUT2D eigenvalue weighted by Gasteiger charge is 2.19. The summed E-state index contributed by atoms with van der Waals surface area (Å²) < 4.78 is 32.3. The smallest absolute Gasteiger partial charge is 0.246 e. The Labute approximate surface area is 157 Å². The van der Waals surface area contributed by atoms with Crippen LogP contribution in [0.25, 0.3) is 11.0 Å². The third-order valence-corrected chi connectivity index (χ3v) is 5.70. The Morgan fingerprint density at radius 1 is 1.22 bits per heavy atom. The molecule has 0 amide bonds. The highest BCUT2D eigenvalue weighted by molar-refractivity contribution is 7.91. The molecule has 2 N–H and O–H groups in total. The summed E-state index contributed by atoms with van der Waals surface area (Å²) in [4.78, 5) is 16.4. The summed E-state index contributed by atoms with van der Waals surface area (Å²) in [6.07, 6.45) is 4.91. The number of fused-ring (bicyclic) bond motifs is 1. The van der Waals surface area contributed by atoms with E-state index in [1.807, 2.05) is 18.4 Å². The fourth-order valence-electron chi connectivity index (χ4n) is 2.86. The number of hydrogen-bond donors (Lipinski definition) is 1. The van der Waals surface area contributed by atoms with Gasteiger partial charge in [-0.15, -0.1) is 0 Å². The number of imidazole rings is 1. The van der Waals surface area contributed by atoms with Crippen molar-refractivity contribution < 1.29 is 13.2 Å². The van der Waals surface area contributed by atoms with Gasteiger partial charge in [0.1, 0.15) is 17.9 Å². The maximum Gasteiger partial charge on any atom is 0.246 e. The van der Waals surface area contributed by atoms with Crippen LogP contribution in [0, 0.1) is 6.92 Å². The van der Waals surface area contributed by atoms with Crippen molar-refractivity contribution >= 4 is 26.7 Å². The molecule has 10 heteroatoms. The van der Waals surface area contributed by atoms with Crippen molar-refractivity contribution in [2.75, 3.05) is 18.1 Å². The third kappa shape index (κ3) is 4.06. The molecule has 0 fully saturated rings. The van der Waals surface area contributed by atoms with E-state index >= 15 is 0 Å². The molecule has 27 heavy (non-hydrogen) atoms. The third-order valence-electron chi connectivity index (χ3n) is 4.11. The standard InChI is InChI=1S/C17H22N6O3S/c1-3-26-11-13-22-14-15(12(2)10-21-16(14)18)23(13)8-5-9-27(24,25)17-19-6-4-7-20-17/h4,6-7,10H,3,5,8-9,11H2,1-2H3,(H2,18,21). The summed E-state index contributed by atoms with van der Waals surface area (Å²) in [6.45, 7) is 5.15. The van der Waals surface area contributed by atoms with Crippen LogP contribution in [0.1, 0.15) is 24.7 Å². The van der Waals surface area contributed by atoms with E-state index < -0.39 is 9.84 Å². The summed E-state index contributed by atoms with van der Waals surface area (Å²) in [5, 5.41) is -0.153. The first-order chi connectivity index (χ1) is 12.9. The van der Waals surface area contributed by atoms with Crippen molar-refractivity contribution in [1.82, 2.24) is 24.5 Å². The van der Waals surface area contributed by atoms with E-state index in [0.717, 1.165) is 11.1 Å². The molecule has 0 radical (unpaired) electrons. The quantitative estimate of drug-likeness (QED) is 0.574. The van der Waals surface area contributed by atoms with E-state index in [2.05, 4.69) is 19.9 Å². The van der Waals surface area contributed by atoms with Crippen molar-refractivity contribution in [3.63, 3.8) is 0 Å². The molecule has 0 aliphatic heterocycles. The Bertz CT molecular complexity index is 1030. The Balaban J connectivity index is 1.86. The molecule has 3 rings (SSSR count). The Hall–Kier alpha value is -2.59. The van der Waals surface area contributed by atoms with Crippen LogP contribution in [0.5, 0.6) is 0 Å². The first-order valence-corrected chi connectivity index (χ1v) is 10.3. The summed E-state index contributed by atoms with van der Waals surface area (Å²) >= 11 is 0. The predicted octanol–water partition coefficient (Wildman–Crippen LogP) is 1.51. The normalized spacial score (nSPS) is 11.9. The number of ether oxygens (including phenoxy) is 1. The molecule has 144 valence electrons. The van der Waals surface area contributed by atoms with Crippen LogP contribution in [-0.4, -0.2) is 45.3 Å². The number of hydrogen-bond acceptors (Lipinski definition) is 8. The van der Waals surface area contributed by atoms with Gasteiger partial charge < -0.3 is 15.0 Å². The second kappa shape index (κ2) is 7.97. The first kappa shape index (κ1) is 19.2. The zero-order valence-electron chi connectivity index (χ0n) is 15.3. The molecule has 0 unspecified atom stereocenters. The van der Waals surface area contributed by atoms with Crippen molar-refractivity contribution in [2.24, 2.45) is 0 Å². The largest absolute Gasteiger partial charge is 0.382 e. The zero-order chi connectivity index (χ0) is 19.4. The molecule has 3 heterocycles. The number of rotatable bonds is 8. The van der Waals surface area contributed by atoms with Gasteiger partial charge in [0, 0.05) is 31.7 Å². The minimum atomic E-state index is -3.54. The molecule has 0 spiro atoms. The van der Waals surface area contributed by atoms with Gasteiger partial charge in [0.15, 0.2) is 5.82 Å². The van der Waals surface area contributed by atoms with Crippen molar-refractivity contribution in [3.05, 3.63) is 36.0 Å². The second-order valence-electron chi connectivity index (χ2n) is 6.04. The molecule has 0 saturated heterocycles. The summed E-state index contributed by atoms with van der Waals surface area (Å²) in [6, 6.07) is 1.58. The molecule has 3 aromatic heterocycles. The zero-order valence-corrected chi connectivity index (χ0v) is 16.1. The maximum atomic E-state index is 12.4. The van der Waals surface area contributed by atoms with Gasteiger partial charge in [0.05, 0.1) is 11.3 Å². The summed E-state index contributed by atoms with van der Waals surface area (Å²) in [7, 11) is -3.54. The molecule has 3 aromatic rings. The fraction of sp³-hybridized carbons (Fsp3) is 0.412. The lowest BCUT2D eigenvalue weighted by Crippen LogP contribution is -2.14. The highest BCUT2D eigenvalue weighted by Crippen LogP contribution is 2.24. The lowest BCUT2D eigenvalue weighted by molar-refractivity contribution is 0.126. The van der Waals surface area contributed by atoms with Crippen LogP contribution in [0.4, 0.5) is 5.82 Å². The molecule has 0 aliphatic rings. The van der Waals surface area contributed by atoms with E-state index in [0.29, 0.717) is 43.3 Å². The van der Waals surface area contributed by atoms with E-state index in [4.69, 9.17) is 10.5 Å². The van der Waals surface area contributed by atoms with Crippen LogP contribution in [-0.2, 0) is 27.7 Å². The molecule has 9 nitrogen and oxygen atoms in total. The molecule has 0 aliphatic carbocycles. The van der Waals surface area contributed by atoms with Gasteiger partial charge in [-0.2, -0.15) is 0 Å². The minimum absolute atomic E-state index is 0.0651. The molecule has 0 saturated carbocycles. The number of aryl methyl sites for hydroxylation is 2. The van der Waals surface area contributed by atoms with E-state index in [1.54, 1.807) is 12.3 Å². The Morgan fingerprint density at radius 2 is 1.96 bits per heavy atom. The van der Waals surface area contributed by atoms with Gasteiger partial charge in [-0.3, -0.25) is 0 Å². The van der Waals surface area contributed by atoms with Gasteiger partial charge in [0.2, 0.25) is 15.0 Å². The predicted molar refractivity (Wildman–Crippen MR) is 101 cm³/mol. The average Bonchev–Trinajstić information content (AvgIpc) is 3.03. The fourth-order valence-corrected chi connectivity index (χ4v) is 4.00. The molecular formula is C17H22N6O3S. The lowest BCUT2D eigenvalue weighted by Gasteiger charge is -2.11. The van der Waals surface area contributed by atoms with E-state index in [-0.39, 0.29) is 10.9 Å². The summed E-state index contributed by atoms with van der Waals surface area (Å²) in [5.41, 5.74) is 8.35. The van der Waals surface area contributed by atoms with Gasteiger partial charge in [0.25, 0.3) is 0 Å². The average molecular weight is 390 g/mol. The number of nitrogen functional groups attached to an aromatic ring is 1. The first-order valence-electron chi connectivity index (χ1n) is 8.61. The van der Waals surface area contributed by atoms with Crippen LogP contribution >= 0.6 is 0 Å². The Kier molecular flexibility index (Phi) is 5.66. The van der Waals surface area contributed by atoms with Crippen molar-refractivity contribution in [3.8, 4) is 0 Å². The van der Waals surface area contributed by atoms with Gasteiger partial charge in [-0.25, -0.2) is 28.4 Å². The maximum absolute atomic E-state index is 12.4. The van der Waals surface area contributed by atoms with Crippen molar-refractivity contribution in [1.29, 1.82) is 0 Å². The van der Waals surface area contributed by atoms with Gasteiger partial charge in [-0.05, 0) is 31.9 Å². The topological polar surface area (TPSA) is 126 Å². The SMILES string of the molecule is CCOCc1nc2c(N)ncc(C)c2n1CCCS(=O)(=O)c1ncccn1. The monoisotopic (exact) mass is 390 g/mol. The van der Waals surface area contributed by atoms with Crippen LogP contribution in [0.15, 0.2) is 29.8 Å². The summed E-state index contributed by atoms with van der Waals surface area (Å²) in [5.74, 6) is 0.977. The van der Waals surface area contributed by atoms with Crippen LogP contribution < -0.4 is 5.73 Å². The number of anilines is 1. The van der Waals surface area contributed by atoms with E-state index in [1.165, 1.54) is 12.4 Å². The van der Waals surface area contributed by atoms with Crippen molar-refractivity contribution in [2.45, 2.75) is 38.6 Å². The van der Waals surface area contributed by atoms with Crippen LogP contribution in [0.2, 0.25) is 0 Å².